The Morgan fingerprint density at radius 1 is 0.667 bits per heavy atom. The van der Waals surface area contributed by atoms with Crippen LogP contribution in [0, 0.1) is 6.92 Å². The second-order valence-corrected chi connectivity index (χ2v) is 10.9. The number of hydrogen-bond donors (Lipinski definition) is 0. The molecule has 0 heterocycles. The van der Waals surface area contributed by atoms with Crippen LogP contribution in [0.2, 0.25) is 0 Å². The van der Waals surface area contributed by atoms with Gasteiger partial charge in [-0.05, 0) is 87.9 Å². The van der Waals surface area contributed by atoms with Crippen molar-refractivity contribution < 1.29 is 0 Å². The van der Waals surface area contributed by atoms with Crippen LogP contribution in [-0.2, 0) is 41.8 Å². The Bertz CT molecular complexity index is 793. The molecule has 0 fully saturated rings. The summed E-state index contributed by atoms with van der Waals surface area (Å²) in [5, 5.41) is 0.961. The van der Waals surface area contributed by atoms with E-state index in [0.29, 0.717) is 0 Å². The summed E-state index contributed by atoms with van der Waals surface area (Å²) >= 11 is 3.78. The van der Waals surface area contributed by atoms with Crippen molar-refractivity contribution in [1.29, 1.82) is 0 Å². The average molecular weight is 427 g/mol. The van der Waals surface area contributed by atoms with Gasteiger partial charge >= 0.3 is 0 Å². The van der Waals surface area contributed by atoms with Gasteiger partial charge < -0.3 is 0 Å². The Morgan fingerprint density at radius 3 is 1.33 bits per heavy atom. The molecular weight excluding hydrogens is 392 g/mol. The highest BCUT2D eigenvalue weighted by Gasteiger charge is 2.22. The maximum atomic E-state index is 3.78. The van der Waals surface area contributed by atoms with Crippen LogP contribution in [-0.4, -0.2) is 0 Å². The summed E-state index contributed by atoms with van der Waals surface area (Å²) < 4.78 is 0. The Morgan fingerprint density at radius 2 is 1.00 bits per heavy atom. The lowest BCUT2D eigenvalue weighted by Crippen LogP contribution is -2.17. The van der Waals surface area contributed by atoms with E-state index in [0.717, 1.165) is 31.0 Å². The number of benzene rings is 2. The highest BCUT2D eigenvalue weighted by Crippen LogP contribution is 2.33. The topological polar surface area (TPSA) is 0 Å². The molecule has 1 heteroatoms. The minimum atomic E-state index is 0.197. The predicted molar refractivity (Wildman–Crippen MR) is 122 cm³/mol. The molecule has 0 unspecified atom stereocenters. The van der Waals surface area contributed by atoms with Gasteiger partial charge in [0.1, 0.15) is 0 Å². The molecule has 27 heavy (non-hydrogen) atoms. The van der Waals surface area contributed by atoms with Gasteiger partial charge in [0, 0.05) is 5.33 Å². The highest BCUT2D eigenvalue weighted by molar-refractivity contribution is 9.08. The quantitative estimate of drug-likeness (QED) is 0.417. The molecule has 0 atom stereocenters. The smallest absolute Gasteiger partial charge is 0.0288 e. The van der Waals surface area contributed by atoms with E-state index in [-0.39, 0.29) is 10.8 Å². The van der Waals surface area contributed by atoms with Gasteiger partial charge in [0.15, 0.2) is 0 Å². The van der Waals surface area contributed by atoms with Crippen LogP contribution in [0.5, 0.6) is 0 Å². The molecule has 0 aliphatic heterocycles. The zero-order valence-corrected chi connectivity index (χ0v) is 19.8. The molecule has 0 nitrogen and oxygen atoms in total. The molecule has 4 bridgehead atoms. The molecule has 0 amide bonds. The number of aryl methyl sites for hydroxylation is 4. The van der Waals surface area contributed by atoms with Crippen LogP contribution >= 0.6 is 15.9 Å². The van der Waals surface area contributed by atoms with Crippen molar-refractivity contribution in [3.05, 3.63) is 68.8 Å². The van der Waals surface area contributed by atoms with E-state index in [9.17, 15) is 0 Å². The Balaban J connectivity index is 2.13. The SMILES string of the molecule is Cc1c2cc(C(C)(C)C)cc1CCc1cc(C(C)(C)C)cc(c1CBr)CC2. The van der Waals surface area contributed by atoms with Crippen LogP contribution in [0.1, 0.15) is 86.1 Å². The molecule has 1 aliphatic rings. The lowest BCUT2D eigenvalue weighted by Gasteiger charge is -2.27. The van der Waals surface area contributed by atoms with E-state index in [1.54, 1.807) is 22.3 Å². The van der Waals surface area contributed by atoms with Gasteiger partial charge in [-0.3, -0.25) is 0 Å². The van der Waals surface area contributed by atoms with Gasteiger partial charge in [0.25, 0.3) is 0 Å². The maximum Gasteiger partial charge on any atom is 0.0288 e. The summed E-state index contributed by atoms with van der Waals surface area (Å²) in [6.45, 7) is 16.3. The largest absolute Gasteiger partial charge is 0.0876 e. The van der Waals surface area contributed by atoms with E-state index in [4.69, 9.17) is 0 Å². The standard InChI is InChI=1S/C26H35Br/c1-17-18-8-10-20-14-23(26(5,6)7)15-21(24(20)16-27)11-9-19(17)13-22(12-18)25(2,3)4/h12-15H,8-11,16H2,1-7H3. The molecule has 0 spiro atoms. The van der Waals surface area contributed by atoms with Gasteiger partial charge in [-0.1, -0.05) is 81.7 Å². The van der Waals surface area contributed by atoms with Gasteiger partial charge in [-0.25, -0.2) is 0 Å². The van der Waals surface area contributed by atoms with Gasteiger partial charge in [0.2, 0.25) is 0 Å². The average Bonchev–Trinajstić information content (AvgIpc) is 2.56. The fourth-order valence-electron chi connectivity index (χ4n) is 4.18. The van der Waals surface area contributed by atoms with Crippen LogP contribution in [0.4, 0.5) is 0 Å². The zero-order chi connectivity index (χ0) is 20.0. The molecule has 146 valence electrons. The third-order valence-electron chi connectivity index (χ3n) is 6.25. The van der Waals surface area contributed by atoms with E-state index >= 15 is 0 Å². The first-order valence-corrected chi connectivity index (χ1v) is 11.5. The van der Waals surface area contributed by atoms with Gasteiger partial charge in [-0.15, -0.1) is 0 Å². The van der Waals surface area contributed by atoms with Crippen molar-refractivity contribution in [2.24, 2.45) is 0 Å². The van der Waals surface area contributed by atoms with E-state index in [1.165, 1.54) is 22.3 Å². The molecule has 0 radical (unpaired) electrons. The number of rotatable bonds is 1. The fraction of sp³-hybridized carbons (Fsp3) is 0.538. The van der Waals surface area contributed by atoms with E-state index in [2.05, 4.69) is 88.7 Å². The number of fused-ring (bicyclic) bond motifs is 4. The van der Waals surface area contributed by atoms with Crippen molar-refractivity contribution in [3.63, 3.8) is 0 Å². The summed E-state index contributed by atoms with van der Waals surface area (Å²) in [7, 11) is 0. The van der Waals surface area contributed by atoms with Crippen molar-refractivity contribution in [2.75, 3.05) is 0 Å². The number of alkyl halides is 1. The number of halogens is 1. The molecule has 0 saturated carbocycles. The van der Waals surface area contributed by atoms with E-state index < -0.39 is 0 Å². The maximum absolute atomic E-state index is 3.78. The lowest BCUT2D eigenvalue weighted by molar-refractivity contribution is 0.585. The first-order valence-electron chi connectivity index (χ1n) is 10.3. The van der Waals surface area contributed by atoms with Crippen molar-refractivity contribution in [3.8, 4) is 0 Å². The fourth-order valence-corrected chi connectivity index (χ4v) is 4.90. The first kappa shape index (κ1) is 20.6. The van der Waals surface area contributed by atoms with Crippen LogP contribution in [0.15, 0.2) is 24.3 Å². The molecular formula is C26H35Br. The first-order chi connectivity index (χ1) is 12.5. The summed E-state index contributed by atoms with van der Waals surface area (Å²) in [4.78, 5) is 0. The monoisotopic (exact) mass is 426 g/mol. The summed E-state index contributed by atoms with van der Waals surface area (Å²) in [6.07, 6.45) is 4.53. The van der Waals surface area contributed by atoms with Gasteiger partial charge in [0.05, 0.1) is 0 Å². The third kappa shape index (κ3) is 4.34. The van der Waals surface area contributed by atoms with Gasteiger partial charge in [-0.2, -0.15) is 0 Å². The molecule has 2 aromatic carbocycles. The molecule has 0 aromatic heterocycles. The second-order valence-electron chi connectivity index (χ2n) is 10.3. The van der Waals surface area contributed by atoms with Crippen molar-refractivity contribution in [2.45, 2.75) is 90.3 Å². The van der Waals surface area contributed by atoms with Crippen LogP contribution in [0.3, 0.4) is 0 Å². The highest BCUT2D eigenvalue weighted by atomic mass is 79.9. The molecule has 1 aliphatic carbocycles. The van der Waals surface area contributed by atoms with Crippen molar-refractivity contribution in [1.82, 2.24) is 0 Å². The Kier molecular flexibility index (Phi) is 5.65. The molecule has 0 N–H and O–H groups in total. The lowest BCUT2D eigenvalue weighted by atomic mass is 9.78. The van der Waals surface area contributed by atoms with Crippen molar-refractivity contribution >= 4 is 15.9 Å². The second kappa shape index (κ2) is 7.39. The summed E-state index contributed by atoms with van der Waals surface area (Å²) in [6, 6.07) is 9.91. The Hall–Kier alpha value is -1.08. The number of hydrogen-bond acceptors (Lipinski definition) is 0. The predicted octanol–water partition coefficient (Wildman–Crippen LogP) is 7.37. The minimum Gasteiger partial charge on any atom is -0.0876 e. The minimum absolute atomic E-state index is 0.197. The summed E-state index contributed by atoms with van der Waals surface area (Å²) in [5.74, 6) is 0. The zero-order valence-electron chi connectivity index (χ0n) is 18.2. The van der Waals surface area contributed by atoms with Crippen LogP contribution < -0.4 is 0 Å². The van der Waals surface area contributed by atoms with Crippen LogP contribution in [0.25, 0.3) is 0 Å². The third-order valence-corrected chi connectivity index (χ3v) is 6.81. The molecule has 3 rings (SSSR count). The molecule has 2 aromatic rings. The Labute approximate surface area is 174 Å². The normalized spacial score (nSPS) is 15.0. The molecule has 0 saturated heterocycles. The van der Waals surface area contributed by atoms with E-state index in [1.807, 2.05) is 0 Å². The summed E-state index contributed by atoms with van der Waals surface area (Å²) in [5.41, 5.74) is 12.6.